The molecule has 2 aromatic carbocycles. The first-order valence-corrected chi connectivity index (χ1v) is 6.98. The second kappa shape index (κ2) is 4.57. The van der Waals surface area contributed by atoms with E-state index in [1.807, 2.05) is 30.3 Å². The molecule has 0 unspecified atom stereocenters. The van der Waals surface area contributed by atoms with Crippen molar-refractivity contribution in [1.82, 2.24) is 0 Å². The predicted molar refractivity (Wildman–Crippen MR) is 75.8 cm³/mol. The SMILES string of the molecule is O=C(c1cc(Br)ccc1F)C1(c2ccccc2)CC1. The average Bonchev–Trinajstić information content (AvgIpc) is 3.23. The summed E-state index contributed by atoms with van der Waals surface area (Å²) in [5.74, 6) is -0.562. The minimum absolute atomic E-state index is 0.113. The summed E-state index contributed by atoms with van der Waals surface area (Å²) in [6.07, 6.45) is 1.59. The van der Waals surface area contributed by atoms with Crippen LogP contribution in [0.2, 0.25) is 0 Å². The number of Topliss-reactive ketones (excluding diaryl/α,β-unsaturated/α-hetero) is 1. The molecule has 1 saturated carbocycles. The minimum atomic E-state index is -0.511. The highest BCUT2D eigenvalue weighted by Gasteiger charge is 2.51. The first-order valence-electron chi connectivity index (χ1n) is 6.19. The van der Waals surface area contributed by atoms with E-state index in [0.717, 1.165) is 22.9 Å². The van der Waals surface area contributed by atoms with Gasteiger partial charge in [-0.25, -0.2) is 4.39 Å². The largest absolute Gasteiger partial charge is 0.293 e. The van der Waals surface area contributed by atoms with Gasteiger partial charge >= 0.3 is 0 Å². The molecule has 1 nitrogen and oxygen atoms in total. The molecule has 0 amide bonds. The van der Waals surface area contributed by atoms with Crippen LogP contribution in [0.25, 0.3) is 0 Å². The molecule has 0 spiro atoms. The molecule has 0 aliphatic heterocycles. The molecule has 0 radical (unpaired) electrons. The zero-order chi connectivity index (χ0) is 13.5. The lowest BCUT2D eigenvalue weighted by Crippen LogP contribution is -2.21. The van der Waals surface area contributed by atoms with Crippen LogP contribution in [0.1, 0.15) is 28.8 Å². The van der Waals surface area contributed by atoms with Gasteiger partial charge in [0.05, 0.1) is 11.0 Å². The van der Waals surface area contributed by atoms with Crippen molar-refractivity contribution in [2.75, 3.05) is 0 Å². The molecule has 0 N–H and O–H groups in total. The van der Waals surface area contributed by atoms with Crippen molar-refractivity contribution in [2.45, 2.75) is 18.3 Å². The van der Waals surface area contributed by atoms with Crippen LogP contribution in [0.3, 0.4) is 0 Å². The quantitative estimate of drug-likeness (QED) is 0.761. The monoisotopic (exact) mass is 318 g/mol. The van der Waals surface area contributed by atoms with Gasteiger partial charge in [0.15, 0.2) is 5.78 Å². The third-order valence-corrected chi connectivity index (χ3v) is 4.18. The van der Waals surface area contributed by atoms with Crippen LogP contribution in [0, 0.1) is 5.82 Å². The number of ketones is 1. The molecular weight excluding hydrogens is 307 g/mol. The molecule has 0 heterocycles. The summed E-state index contributed by atoms with van der Waals surface area (Å²) in [4.78, 5) is 12.6. The number of benzene rings is 2. The Hall–Kier alpha value is -1.48. The van der Waals surface area contributed by atoms with Gasteiger partial charge in [0, 0.05) is 4.47 Å². The van der Waals surface area contributed by atoms with Crippen molar-refractivity contribution in [3.63, 3.8) is 0 Å². The molecule has 0 bridgehead atoms. The molecule has 3 rings (SSSR count). The second-order valence-electron chi connectivity index (χ2n) is 4.90. The van der Waals surface area contributed by atoms with Crippen LogP contribution in [0.5, 0.6) is 0 Å². The average molecular weight is 319 g/mol. The molecular formula is C16H12BrFO. The Morgan fingerprint density at radius 2 is 1.79 bits per heavy atom. The third kappa shape index (κ3) is 2.12. The maximum atomic E-state index is 13.9. The first kappa shape index (κ1) is 12.5. The maximum absolute atomic E-state index is 13.9. The summed E-state index contributed by atoms with van der Waals surface area (Å²) in [7, 11) is 0. The number of hydrogen-bond donors (Lipinski definition) is 0. The number of hydrogen-bond acceptors (Lipinski definition) is 1. The minimum Gasteiger partial charge on any atom is -0.293 e. The number of carbonyl (C=O) groups is 1. The standard InChI is InChI=1S/C16H12BrFO/c17-12-6-7-14(18)13(10-12)15(19)16(8-9-16)11-4-2-1-3-5-11/h1-7,10H,8-9H2. The molecule has 1 aliphatic rings. The highest BCUT2D eigenvalue weighted by atomic mass is 79.9. The summed E-state index contributed by atoms with van der Waals surface area (Å²) in [5.41, 5.74) is 0.651. The lowest BCUT2D eigenvalue weighted by Gasteiger charge is -2.15. The van der Waals surface area contributed by atoms with Gasteiger partial charge in [-0.15, -0.1) is 0 Å². The zero-order valence-corrected chi connectivity index (χ0v) is 11.8. The second-order valence-corrected chi connectivity index (χ2v) is 5.82. The number of rotatable bonds is 3. The Balaban J connectivity index is 2.03. The van der Waals surface area contributed by atoms with E-state index in [-0.39, 0.29) is 11.3 Å². The van der Waals surface area contributed by atoms with Crippen LogP contribution < -0.4 is 0 Å². The summed E-state index contributed by atoms with van der Waals surface area (Å²) < 4.78 is 14.6. The lowest BCUT2D eigenvalue weighted by atomic mass is 9.87. The maximum Gasteiger partial charge on any atom is 0.176 e. The third-order valence-electron chi connectivity index (χ3n) is 3.68. The van der Waals surface area contributed by atoms with Gasteiger partial charge in [0.25, 0.3) is 0 Å². The normalized spacial score (nSPS) is 16.1. The van der Waals surface area contributed by atoms with Crippen molar-refractivity contribution in [3.8, 4) is 0 Å². The summed E-state index contributed by atoms with van der Waals surface area (Å²) in [5, 5.41) is 0. The Kier molecular flexibility index (Phi) is 3.02. The van der Waals surface area contributed by atoms with Gasteiger partial charge in [-0.1, -0.05) is 46.3 Å². The Bertz CT molecular complexity index is 632. The summed E-state index contributed by atoms with van der Waals surface area (Å²) >= 11 is 3.29. The molecule has 3 heteroatoms. The Labute approximate surface area is 119 Å². The van der Waals surface area contributed by atoms with E-state index in [1.165, 1.54) is 6.07 Å². The van der Waals surface area contributed by atoms with Gasteiger partial charge in [-0.3, -0.25) is 4.79 Å². The molecule has 2 aromatic rings. The highest BCUT2D eigenvalue weighted by molar-refractivity contribution is 9.10. The Morgan fingerprint density at radius 3 is 2.42 bits per heavy atom. The van der Waals surface area contributed by atoms with E-state index in [4.69, 9.17) is 0 Å². The smallest absolute Gasteiger partial charge is 0.176 e. The highest BCUT2D eigenvalue weighted by Crippen LogP contribution is 2.50. The van der Waals surface area contributed by atoms with Crippen molar-refractivity contribution >= 4 is 21.7 Å². The molecule has 19 heavy (non-hydrogen) atoms. The van der Waals surface area contributed by atoms with Crippen molar-refractivity contribution in [2.24, 2.45) is 0 Å². The van der Waals surface area contributed by atoms with Crippen molar-refractivity contribution in [1.29, 1.82) is 0 Å². The van der Waals surface area contributed by atoms with E-state index < -0.39 is 11.2 Å². The van der Waals surface area contributed by atoms with E-state index in [9.17, 15) is 9.18 Å². The van der Waals surface area contributed by atoms with E-state index >= 15 is 0 Å². The van der Waals surface area contributed by atoms with E-state index in [0.29, 0.717) is 0 Å². The lowest BCUT2D eigenvalue weighted by molar-refractivity contribution is 0.0942. The molecule has 1 fully saturated rings. The van der Waals surface area contributed by atoms with Crippen LogP contribution in [-0.4, -0.2) is 5.78 Å². The van der Waals surface area contributed by atoms with Crippen molar-refractivity contribution < 1.29 is 9.18 Å². The van der Waals surface area contributed by atoms with Crippen LogP contribution in [0.15, 0.2) is 53.0 Å². The predicted octanol–water partition coefficient (Wildman–Crippen LogP) is 4.50. The van der Waals surface area contributed by atoms with Gasteiger partial charge in [0.1, 0.15) is 5.82 Å². The molecule has 1 aliphatic carbocycles. The summed E-state index contributed by atoms with van der Waals surface area (Å²) in [6, 6.07) is 14.2. The van der Waals surface area contributed by atoms with Gasteiger partial charge < -0.3 is 0 Å². The zero-order valence-electron chi connectivity index (χ0n) is 10.2. The first-order chi connectivity index (χ1) is 9.13. The van der Waals surface area contributed by atoms with Crippen LogP contribution >= 0.6 is 15.9 Å². The molecule has 0 atom stereocenters. The number of carbonyl (C=O) groups excluding carboxylic acids is 1. The number of halogens is 2. The Morgan fingerprint density at radius 1 is 1.11 bits per heavy atom. The van der Waals surface area contributed by atoms with E-state index in [2.05, 4.69) is 15.9 Å². The molecule has 96 valence electrons. The fourth-order valence-electron chi connectivity index (χ4n) is 2.46. The fourth-order valence-corrected chi connectivity index (χ4v) is 2.82. The topological polar surface area (TPSA) is 17.1 Å². The van der Waals surface area contributed by atoms with Gasteiger partial charge in [-0.05, 0) is 36.6 Å². The molecule has 0 saturated heterocycles. The van der Waals surface area contributed by atoms with Crippen molar-refractivity contribution in [3.05, 3.63) is 69.9 Å². The molecule has 0 aromatic heterocycles. The fraction of sp³-hybridized carbons (Fsp3) is 0.188. The van der Waals surface area contributed by atoms with E-state index in [1.54, 1.807) is 12.1 Å². The van der Waals surface area contributed by atoms with Crippen LogP contribution in [-0.2, 0) is 5.41 Å². The van der Waals surface area contributed by atoms with Gasteiger partial charge in [-0.2, -0.15) is 0 Å². The van der Waals surface area contributed by atoms with Crippen LogP contribution in [0.4, 0.5) is 4.39 Å². The summed E-state index contributed by atoms with van der Waals surface area (Å²) in [6.45, 7) is 0. The van der Waals surface area contributed by atoms with Gasteiger partial charge in [0.2, 0.25) is 0 Å².